The maximum Gasteiger partial charge on any atom is 0.391 e. The maximum absolute atomic E-state index is 12.8. The first kappa shape index (κ1) is 16.1. The first-order valence-electron chi connectivity index (χ1n) is 7.30. The van der Waals surface area contributed by atoms with E-state index < -0.39 is 23.6 Å². The maximum atomic E-state index is 12.8. The summed E-state index contributed by atoms with van der Waals surface area (Å²) in [4.78, 5) is 25.9. The van der Waals surface area contributed by atoms with Crippen molar-refractivity contribution < 1.29 is 22.8 Å². The van der Waals surface area contributed by atoms with Crippen molar-refractivity contribution in [3.05, 3.63) is 0 Å². The molecular weight excluding hydrogens is 285 g/mol. The summed E-state index contributed by atoms with van der Waals surface area (Å²) in [7, 11) is 0. The predicted octanol–water partition coefficient (Wildman–Crippen LogP) is 2.09. The summed E-state index contributed by atoms with van der Waals surface area (Å²) in [5.74, 6) is -2.61. The number of nitrogens with zero attached hydrogens (tertiary/aromatic N) is 1. The molecule has 0 spiro atoms. The number of hydrogen-bond acceptors (Lipinski definition) is 2. The van der Waals surface area contributed by atoms with Gasteiger partial charge >= 0.3 is 6.18 Å². The van der Waals surface area contributed by atoms with Crippen molar-refractivity contribution in [2.24, 2.45) is 11.8 Å². The Morgan fingerprint density at radius 2 is 2.00 bits per heavy atom. The molecule has 2 fully saturated rings. The van der Waals surface area contributed by atoms with Gasteiger partial charge in [0.1, 0.15) is 5.54 Å². The topological polar surface area (TPSA) is 49.4 Å². The lowest BCUT2D eigenvalue weighted by atomic mass is 9.79. The molecule has 2 atom stereocenters. The molecule has 2 unspecified atom stereocenters. The zero-order valence-corrected chi connectivity index (χ0v) is 12.3. The van der Waals surface area contributed by atoms with Crippen LogP contribution in [0.1, 0.15) is 39.5 Å². The molecule has 1 aliphatic heterocycles. The van der Waals surface area contributed by atoms with Crippen molar-refractivity contribution in [3.63, 3.8) is 0 Å². The van der Waals surface area contributed by atoms with Crippen molar-refractivity contribution in [2.45, 2.75) is 51.2 Å². The first-order chi connectivity index (χ1) is 9.64. The van der Waals surface area contributed by atoms with Crippen LogP contribution in [0.3, 0.4) is 0 Å². The lowest BCUT2D eigenvalue weighted by Crippen LogP contribution is -2.64. The smallest absolute Gasteiger partial charge is 0.352 e. The Balaban J connectivity index is 2.10. The van der Waals surface area contributed by atoms with E-state index in [9.17, 15) is 22.8 Å². The minimum atomic E-state index is -4.24. The normalized spacial score (nSPS) is 30.0. The summed E-state index contributed by atoms with van der Waals surface area (Å²) in [5, 5.41) is 2.68. The Morgan fingerprint density at radius 3 is 2.62 bits per heavy atom. The van der Waals surface area contributed by atoms with Gasteiger partial charge in [0.25, 0.3) is 0 Å². The fraction of sp³-hybridized carbons (Fsp3) is 0.857. The average molecular weight is 306 g/mol. The van der Waals surface area contributed by atoms with Crippen LogP contribution in [0.4, 0.5) is 13.2 Å². The van der Waals surface area contributed by atoms with Crippen LogP contribution in [0.5, 0.6) is 0 Å². The van der Waals surface area contributed by atoms with E-state index in [0.717, 1.165) is 0 Å². The summed E-state index contributed by atoms with van der Waals surface area (Å²) in [6, 6.07) is 0. The fourth-order valence-corrected chi connectivity index (χ4v) is 3.22. The standard InChI is InChI=1S/C14H21F3N2O2/c1-13(2)12(21)18-6-7-19(13)11(20)9-4-3-5-10(8-9)14(15,16)17/h9-10H,3-8H2,1-2H3,(H,18,21). The van der Waals surface area contributed by atoms with Gasteiger partial charge in [-0.1, -0.05) is 6.42 Å². The zero-order chi connectivity index (χ0) is 15.8. The Kier molecular flexibility index (Phi) is 4.22. The molecule has 7 heteroatoms. The number of carbonyl (C=O) groups excluding carboxylic acids is 2. The van der Waals surface area contributed by atoms with E-state index in [1.165, 1.54) is 4.90 Å². The second kappa shape index (κ2) is 5.50. The fourth-order valence-electron chi connectivity index (χ4n) is 3.22. The van der Waals surface area contributed by atoms with E-state index >= 15 is 0 Å². The minimum Gasteiger partial charge on any atom is -0.352 e. The van der Waals surface area contributed by atoms with Gasteiger partial charge in [-0.3, -0.25) is 9.59 Å². The highest BCUT2D eigenvalue weighted by atomic mass is 19.4. The summed E-state index contributed by atoms with van der Waals surface area (Å²) >= 11 is 0. The van der Waals surface area contributed by atoms with Crippen LogP contribution >= 0.6 is 0 Å². The molecular formula is C14H21F3N2O2. The molecule has 1 heterocycles. The van der Waals surface area contributed by atoms with Crippen molar-refractivity contribution in [1.29, 1.82) is 0 Å². The van der Waals surface area contributed by atoms with Crippen molar-refractivity contribution in [1.82, 2.24) is 10.2 Å². The number of nitrogens with one attached hydrogen (secondary N) is 1. The third-order valence-corrected chi connectivity index (χ3v) is 4.60. The third kappa shape index (κ3) is 3.16. The Bertz CT molecular complexity index is 434. The summed E-state index contributed by atoms with van der Waals surface area (Å²) in [6.45, 7) is 3.96. The molecule has 4 nitrogen and oxygen atoms in total. The number of alkyl halides is 3. The van der Waals surface area contributed by atoms with Crippen molar-refractivity contribution in [2.75, 3.05) is 13.1 Å². The van der Waals surface area contributed by atoms with Gasteiger partial charge in [-0.05, 0) is 33.1 Å². The van der Waals surface area contributed by atoms with Crippen LogP contribution in [0.15, 0.2) is 0 Å². The van der Waals surface area contributed by atoms with Gasteiger partial charge in [0.15, 0.2) is 0 Å². The lowest BCUT2D eigenvalue weighted by Gasteiger charge is -2.43. The SMILES string of the molecule is CC1(C)C(=O)NCCN1C(=O)C1CCCC(C(F)(F)F)C1. The van der Waals surface area contributed by atoms with Gasteiger partial charge in [0.05, 0.1) is 5.92 Å². The van der Waals surface area contributed by atoms with Crippen LogP contribution in [0.25, 0.3) is 0 Å². The quantitative estimate of drug-likeness (QED) is 0.806. The number of halogens is 3. The Morgan fingerprint density at radius 1 is 1.33 bits per heavy atom. The molecule has 21 heavy (non-hydrogen) atoms. The highest BCUT2D eigenvalue weighted by molar-refractivity contribution is 5.92. The lowest BCUT2D eigenvalue weighted by molar-refractivity contribution is -0.188. The van der Waals surface area contributed by atoms with E-state index in [0.29, 0.717) is 25.9 Å². The van der Waals surface area contributed by atoms with E-state index in [4.69, 9.17) is 0 Å². The minimum absolute atomic E-state index is 0.0944. The van der Waals surface area contributed by atoms with Gasteiger partial charge in [-0.2, -0.15) is 13.2 Å². The van der Waals surface area contributed by atoms with Crippen LogP contribution in [-0.2, 0) is 9.59 Å². The molecule has 2 aliphatic rings. The largest absolute Gasteiger partial charge is 0.391 e. The second-order valence-corrected chi connectivity index (χ2v) is 6.41. The zero-order valence-electron chi connectivity index (χ0n) is 12.3. The molecule has 120 valence electrons. The number of rotatable bonds is 1. The monoisotopic (exact) mass is 306 g/mol. The van der Waals surface area contributed by atoms with Crippen LogP contribution < -0.4 is 5.32 Å². The highest BCUT2D eigenvalue weighted by Gasteiger charge is 2.47. The third-order valence-electron chi connectivity index (χ3n) is 4.60. The van der Waals surface area contributed by atoms with E-state index in [2.05, 4.69) is 5.32 Å². The van der Waals surface area contributed by atoms with Gasteiger partial charge in [0, 0.05) is 19.0 Å². The van der Waals surface area contributed by atoms with Crippen LogP contribution in [0.2, 0.25) is 0 Å². The van der Waals surface area contributed by atoms with Crippen LogP contribution in [0, 0.1) is 11.8 Å². The van der Waals surface area contributed by atoms with Crippen molar-refractivity contribution in [3.8, 4) is 0 Å². The summed E-state index contributed by atoms with van der Waals surface area (Å²) < 4.78 is 38.5. The Labute approximate surface area is 122 Å². The van der Waals surface area contributed by atoms with E-state index in [1.807, 2.05) is 0 Å². The first-order valence-corrected chi connectivity index (χ1v) is 7.30. The molecule has 2 rings (SSSR count). The average Bonchev–Trinajstić information content (AvgIpc) is 2.40. The molecule has 0 aromatic carbocycles. The predicted molar refractivity (Wildman–Crippen MR) is 70.3 cm³/mol. The molecule has 1 saturated carbocycles. The van der Waals surface area contributed by atoms with Gasteiger partial charge in [-0.25, -0.2) is 0 Å². The number of piperazine rings is 1. The molecule has 0 radical (unpaired) electrons. The van der Waals surface area contributed by atoms with Gasteiger partial charge < -0.3 is 10.2 Å². The summed E-state index contributed by atoms with van der Waals surface area (Å²) in [5.41, 5.74) is -0.999. The van der Waals surface area contributed by atoms with Crippen LogP contribution in [-0.4, -0.2) is 41.5 Å². The molecule has 0 aromatic rings. The van der Waals surface area contributed by atoms with E-state index in [1.54, 1.807) is 13.8 Å². The highest BCUT2D eigenvalue weighted by Crippen LogP contribution is 2.41. The Hall–Kier alpha value is -1.27. The molecule has 2 amide bonds. The number of carbonyl (C=O) groups is 2. The summed E-state index contributed by atoms with van der Waals surface area (Å²) in [6.07, 6.45) is -3.43. The molecule has 0 aromatic heterocycles. The molecule has 1 saturated heterocycles. The van der Waals surface area contributed by atoms with Crippen molar-refractivity contribution >= 4 is 11.8 Å². The van der Waals surface area contributed by atoms with E-state index in [-0.39, 0.29) is 24.7 Å². The number of hydrogen-bond donors (Lipinski definition) is 1. The molecule has 0 bridgehead atoms. The number of amides is 2. The molecule has 1 N–H and O–H groups in total. The molecule has 1 aliphatic carbocycles. The van der Waals surface area contributed by atoms with Gasteiger partial charge in [0.2, 0.25) is 11.8 Å². The second-order valence-electron chi connectivity index (χ2n) is 6.41. The van der Waals surface area contributed by atoms with Gasteiger partial charge in [-0.15, -0.1) is 0 Å².